The number of nitrogens with zero attached hydrogens (tertiary/aromatic N) is 3. The number of hydrogen-bond acceptors (Lipinski definition) is 3. The summed E-state index contributed by atoms with van der Waals surface area (Å²) >= 11 is 6.10. The Labute approximate surface area is 117 Å². The molecule has 0 N–H and O–H groups in total. The number of aromatic nitrogens is 3. The lowest BCUT2D eigenvalue weighted by Gasteiger charge is -2.11. The van der Waals surface area contributed by atoms with Crippen LogP contribution in [0.2, 0.25) is 5.02 Å². The molecule has 0 unspecified atom stereocenters. The number of aryl methyl sites for hydroxylation is 1. The van der Waals surface area contributed by atoms with Crippen LogP contribution in [0.25, 0.3) is 0 Å². The monoisotopic (exact) mass is 277 g/mol. The molecule has 5 heteroatoms. The summed E-state index contributed by atoms with van der Waals surface area (Å²) in [6.45, 7) is 5.91. The summed E-state index contributed by atoms with van der Waals surface area (Å²) in [5, 5.41) is 4.52. The lowest BCUT2D eigenvalue weighted by atomic mass is 10.1. The Hall–Kier alpha value is -1.68. The zero-order chi connectivity index (χ0) is 14.0. The van der Waals surface area contributed by atoms with Crippen molar-refractivity contribution in [3.63, 3.8) is 0 Å². The van der Waals surface area contributed by atoms with Crippen molar-refractivity contribution in [3.05, 3.63) is 46.5 Å². The molecule has 19 heavy (non-hydrogen) atoms. The van der Waals surface area contributed by atoms with E-state index in [1.165, 1.54) is 6.20 Å². The van der Waals surface area contributed by atoms with Crippen molar-refractivity contribution in [2.75, 3.05) is 0 Å². The van der Waals surface area contributed by atoms with Gasteiger partial charge in [-0.2, -0.15) is 5.10 Å². The third kappa shape index (κ3) is 2.54. The topological polar surface area (TPSA) is 47.8 Å². The highest BCUT2D eigenvalue weighted by atomic mass is 35.5. The summed E-state index contributed by atoms with van der Waals surface area (Å²) in [6, 6.07) is 3.81. The smallest absolute Gasteiger partial charge is 0.231 e. The van der Waals surface area contributed by atoms with E-state index >= 15 is 0 Å². The minimum atomic E-state index is -0.173. The Morgan fingerprint density at radius 1 is 1.47 bits per heavy atom. The predicted molar refractivity (Wildman–Crippen MR) is 74.7 cm³/mol. The van der Waals surface area contributed by atoms with E-state index in [9.17, 15) is 4.79 Å². The molecule has 0 amide bonds. The molecule has 0 aliphatic carbocycles. The van der Waals surface area contributed by atoms with Crippen LogP contribution in [0.3, 0.4) is 0 Å². The number of rotatable bonds is 4. The Morgan fingerprint density at radius 2 is 2.21 bits per heavy atom. The first kappa shape index (κ1) is 13.7. The Bertz CT molecular complexity index is 604. The van der Waals surface area contributed by atoms with E-state index in [4.69, 9.17) is 11.6 Å². The van der Waals surface area contributed by atoms with E-state index in [-0.39, 0.29) is 11.8 Å². The molecule has 0 aromatic carbocycles. The van der Waals surface area contributed by atoms with Crippen molar-refractivity contribution in [3.8, 4) is 0 Å². The van der Waals surface area contributed by atoms with Crippen LogP contribution in [0.1, 0.15) is 48.6 Å². The molecule has 0 radical (unpaired) electrons. The van der Waals surface area contributed by atoms with Crippen molar-refractivity contribution in [2.24, 2.45) is 0 Å². The molecule has 0 saturated carbocycles. The predicted octanol–water partition coefficient (Wildman–Crippen LogP) is 3.31. The summed E-state index contributed by atoms with van der Waals surface area (Å²) in [7, 11) is 0. The molecule has 2 heterocycles. The number of pyridine rings is 1. The molecule has 2 aromatic rings. The van der Waals surface area contributed by atoms with Gasteiger partial charge >= 0.3 is 0 Å². The van der Waals surface area contributed by atoms with E-state index in [1.807, 2.05) is 32.9 Å². The maximum Gasteiger partial charge on any atom is 0.231 e. The SMILES string of the molecule is CCc1cccnc1C(=O)c1c(Cl)cnn1C(C)C. The minimum absolute atomic E-state index is 0.0697. The van der Waals surface area contributed by atoms with Crippen molar-refractivity contribution >= 4 is 17.4 Å². The molecule has 2 rings (SSSR count). The van der Waals surface area contributed by atoms with Gasteiger partial charge in [-0.05, 0) is 31.9 Å². The average Bonchev–Trinajstić information content (AvgIpc) is 2.80. The quantitative estimate of drug-likeness (QED) is 0.806. The second-order valence-electron chi connectivity index (χ2n) is 4.57. The van der Waals surface area contributed by atoms with Gasteiger partial charge < -0.3 is 0 Å². The van der Waals surface area contributed by atoms with Crippen LogP contribution < -0.4 is 0 Å². The lowest BCUT2D eigenvalue weighted by Crippen LogP contribution is -2.16. The first-order chi connectivity index (χ1) is 9.06. The number of carbonyl (C=O) groups is 1. The highest BCUT2D eigenvalue weighted by molar-refractivity contribution is 6.34. The van der Waals surface area contributed by atoms with Crippen LogP contribution in [0.15, 0.2) is 24.5 Å². The van der Waals surface area contributed by atoms with Gasteiger partial charge in [0.25, 0.3) is 0 Å². The van der Waals surface area contributed by atoms with Gasteiger partial charge in [0, 0.05) is 12.2 Å². The van der Waals surface area contributed by atoms with Gasteiger partial charge in [0.15, 0.2) is 0 Å². The average molecular weight is 278 g/mol. The molecule has 0 atom stereocenters. The number of carbonyl (C=O) groups excluding carboxylic acids is 1. The molecule has 4 nitrogen and oxygen atoms in total. The van der Waals surface area contributed by atoms with Crippen LogP contribution in [0, 0.1) is 0 Å². The van der Waals surface area contributed by atoms with Crippen LogP contribution in [-0.2, 0) is 6.42 Å². The molecule has 2 aromatic heterocycles. The third-order valence-electron chi connectivity index (χ3n) is 2.94. The normalized spacial score (nSPS) is 11.0. The van der Waals surface area contributed by atoms with Crippen LogP contribution in [0.5, 0.6) is 0 Å². The fourth-order valence-electron chi connectivity index (χ4n) is 1.99. The molecule has 0 bridgehead atoms. The van der Waals surface area contributed by atoms with Gasteiger partial charge in [-0.1, -0.05) is 24.6 Å². The molecular weight excluding hydrogens is 262 g/mol. The van der Waals surface area contributed by atoms with Crippen molar-refractivity contribution in [1.82, 2.24) is 14.8 Å². The van der Waals surface area contributed by atoms with Crippen LogP contribution >= 0.6 is 11.6 Å². The van der Waals surface area contributed by atoms with Gasteiger partial charge in [-0.15, -0.1) is 0 Å². The van der Waals surface area contributed by atoms with E-state index in [0.29, 0.717) is 16.4 Å². The second kappa shape index (κ2) is 5.53. The minimum Gasteiger partial charge on any atom is -0.285 e. The van der Waals surface area contributed by atoms with Gasteiger partial charge in [0.2, 0.25) is 5.78 Å². The van der Waals surface area contributed by atoms with Gasteiger partial charge in [0.1, 0.15) is 11.4 Å². The lowest BCUT2D eigenvalue weighted by molar-refractivity contribution is 0.102. The maximum absolute atomic E-state index is 12.6. The Balaban J connectivity index is 2.53. The molecule has 0 fully saturated rings. The highest BCUT2D eigenvalue weighted by Gasteiger charge is 2.23. The van der Waals surface area contributed by atoms with E-state index in [2.05, 4.69) is 10.1 Å². The number of halogens is 1. The molecular formula is C14H16ClN3O. The fraction of sp³-hybridized carbons (Fsp3) is 0.357. The molecule has 0 aliphatic rings. The van der Waals surface area contributed by atoms with Gasteiger partial charge in [0.05, 0.1) is 11.2 Å². The second-order valence-corrected chi connectivity index (χ2v) is 4.98. The summed E-state index contributed by atoms with van der Waals surface area (Å²) in [5.41, 5.74) is 1.78. The van der Waals surface area contributed by atoms with Crippen molar-refractivity contribution in [2.45, 2.75) is 33.2 Å². The first-order valence-corrected chi connectivity index (χ1v) is 6.65. The van der Waals surface area contributed by atoms with E-state index < -0.39 is 0 Å². The van der Waals surface area contributed by atoms with E-state index in [0.717, 1.165) is 12.0 Å². The Morgan fingerprint density at radius 3 is 2.84 bits per heavy atom. The standard InChI is InChI=1S/C14H16ClN3O/c1-4-10-6-5-7-16-12(10)14(19)13-11(15)8-17-18(13)9(2)3/h5-9H,4H2,1-3H3. The van der Waals surface area contributed by atoms with Crippen LogP contribution in [0.4, 0.5) is 0 Å². The first-order valence-electron chi connectivity index (χ1n) is 6.27. The highest BCUT2D eigenvalue weighted by Crippen LogP contribution is 2.22. The summed E-state index contributed by atoms with van der Waals surface area (Å²) in [5.74, 6) is -0.173. The molecule has 100 valence electrons. The number of hydrogen-bond donors (Lipinski definition) is 0. The zero-order valence-corrected chi connectivity index (χ0v) is 12.0. The van der Waals surface area contributed by atoms with E-state index in [1.54, 1.807) is 10.9 Å². The third-order valence-corrected chi connectivity index (χ3v) is 3.22. The largest absolute Gasteiger partial charge is 0.285 e. The number of ketones is 1. The molecule has 0 saturated heterocycles. The molecule has 0 spiro atoms. The summed E-state index contributed by atoms with van der Waals surface area (Å²) in [4.78, 5) is 16.8. The maximum atomic E-state index is 12.6. The fourth-order valence-corrected chi connectivity index (χ4v) is 2.20. The summed E-state index contributed by atoms with van der Waals surface area (Å²) in [6.07, 6.45) is 3.88. The van der Waals surface area contributed by atoms with Crippen LogP contribution in [-0.4, -0.2) is 20.5 Å². The van der Waals surface area contributed by atoms with Gasteiger partial charge in [-0.3, -0.25) is 14.5 Å². The van der Waals surface area contributed by atoms with Crippen molar-refractivity contribution < 1.29 is 4.79 Å². The zero-order valence-electron chi connectivity index (χ0n) is 11.2. The van der Waals surface area contributed by atoms with Gasteiger partial charge in [-0.25, -0.2) is 0 Å². The Kier molecular flexibility index (Phi) is 4.00. The van der Waals surface area contributed by atoms with Crippen molar-refractivity contribution in [1.29, 1.82) is 0 Å². The molecule has 0 aliphatic heterocycles. The summed E-state index contributed by atoms with van der Waals surface area (Å²) < 4.78 is 1.64.